The van der Waals surface area contributed by atoms with Crippen molar-refractivity contribution < 1.29 is 9.18 Å². The first-order valence-electron chi connectivity index (χ1n) is 6.84. The fourth-order valence-electron chi connectivity index (χ4n) is 1.98. The standard InChI is InChI=1S/C17H18FNOS/c1-12(2)17(15-4-3-11-21-15)19-16(20)10-7-13-5-8-14(18)9-6-13/h3-12,17H,1-2H3,(H,19,20)/b10-7+. The zero-order chi connectivity index (χ0) is 15.2. The maximum atomic E-state index is 12.8. The number of hydrogen-bond acceptors (Lipinski definition) is 2. The summed E-state index contributed by atoms with van der Waals surface area (Å²) in [5.74, 6) is -0.118. The van der Waals surface area contributed by atoms with Crippen LogP contribution in [0.4, 0.5) is 4.39 Å². The molecule has 2 aromatic rings. The van der Waals surface area contributed by atoms with Gasteiger partial charge < -0.3 is 5.32 Å². The lowest BCUT2D eigenvalue weighted by molar-refractivity contribution is -0.117. The number of halogens is 1. The van der Waals surface area contributed by atoms with Gasteiger partial charge in [0, 0.05) is 11.0 Å². The molecule has 0 radical (unpaired) electrons. The van der Waals surface area contributed by atoms with Gasteiger partial charge >= 0.3 is 0 Å². The summed E-state index contributed by atoms with van der Waals surface area (Å²) in [5.41, 5.74) is 0.795. The summed E-state index contributed by atoms with van der Waals surface area (Å²) in [6, 6.07) is 10.0. The molecule has 1 aromatic carbocycles. The van der Waals surface area contributed by atoms with Crippen LogP contribution in [0.1, 0.15) is 30.3 Å². The SMILES string of the molecule is CC(C)C(NC(=O)/C=C/c1ccc(F)cc1)c1cccs1. The van der Waals surface area contributed by atoms with E-state index in [4.69, 9.17) is 0 Å². The Hall–Kier alpha value is -1.94. The van der Waals surface area contributed by atoms with Crippen LogP contribution in [0.25, 0.3) is 6.08 Å². The number of hydrogen-bond donors (Lipinski definition) is 1. The third-order valence-corrected chi connectivity index (χ3v) is 4.07. The summed E-state index contributed by atoms with van der Waals surface area (Å²) in [6.45, 7) is 4.16. The molecule has 4 heteroatoms. The Balaban J connectivity index is 2.01. The first-order valence-corrected chi connectivity index (χ1v) is 7.72. The molecule has 1 aromatic heterocycles. The zero-order valence-electron chi connectivity index (χ0n) is 12.0. The fraction of sp³-hybridized carbons (Fsp3) is 0.235. The number of benzene rings is 1. The predicted molar refractivity (Wildman–Crippen MR) is 85.5 cm³/mol. The highest BCUT2D eigenvalue weighted by atomic mass is 32.1. The van der Waals surface area contributed by atoms with Crippen molar-refractivity contribution >= 4 is 23.3 Å². The van der Waals surface area contributed by atoms with Crippen molar-refractivity contribution in [3.05, 3.63) is 64.1 Å². The second-order valence-electron chi connectivity index (χ2n) is 5.13. The van der Waals surface area contributed by atoms with E-state index >= 15 is 0 Å². The molecule has 2 nitrogen and oxygen atoms in total. The topological polar surface area (TPSA) is 29.1 Å². The molecule has 0 aliphatic carbocycles. The third kappa shape index (κ3) is 4.53. The highest BCUT2D eigenvalue weighted by Crippen LogP contribution is 2.25. The van der Waals surface area contributed by atoms with Gasteiger partial charge in [-0.3, -0.25) is 4.79 Å². The molecular formula is C17H18FNOS. The first-order chi connectivity index (χ1) is 10.1. The molecule has 21 heavy (non-hydrogen) atoms. The summed E-state index contributed by atoms with van der Waals surface area (Å²) < 4.78 is 12.8. The van der Waals surface area contributed by atoms with Crippen LogP contribution < -0.4 is 5.32 Å². The monoisotopic (exact) mass is 303 g/mol. The molecule has 1 N–H and O–H groups in total. The minimum Gasteiger partial charge on any atom is -0.345 e. The molecule has 0 bridgehead atoms. The van der Waals surface area contributed by atoms with Gasteiger partial charge in [-0.15, -0.1) is 11.3 Å². The Labute approximate surface area is 128 Å². The van der Waals surface area contributed by atoms with Gasteiger partial charge in [0.25, 0.3) is 0 Å². The summed E-state index contributed by atoms with van der Waals surface area (Å²) >= 11 is 1.64. The van der Waals surface area contributed by atoms with E-state index in [0.29, 0.717) is 5.92 Å². The number of rotatable bonds is 5. The van der Waals surface area contributed by atoms with Crippen LogP contribution in [-0.2, 0) is 4.79 Å². The van der Waals surface area contributed by atoms with Gasteiger partial charge in [0.15, 0.2) is 0 Å². The van der Waals surface area contributed by atoms with Crippen molar-refractivity contribution in [2.75, 3.05) is 0 Å². The molecule has 1 atom stereocenters. The van der Waals surface area contributed by atoms with Gasteiger partial charge in [0.2, 0.25) is 5.91 Å². The maximum absolute atomic E-state index is 12.8. The van der Waals surface area contributed by atoms with Gasteiger partial charge in [-0.2, -0.15) is 0 Å². The van der Waals surface area contributed by atoms with E-state index < -0.39 is 0 Å². The Morgan fingerprint density at radius 2 is 1.95 bits per heavy atom. The molecule has 1 heterocycles. The van der Waals surface area contributed by atoms with Gasteiger partial charge in [0.05, 0.1) is 6.04 Å². The van der Waals surface area contributed by atoms with E-state index in [1.165, 1.54) is 18.2 Å². The lowest BCUT2D eigenvalue weighted by Crippen LogP contribution is -2.29. The van der Waals surface area contributed by atoms with E-state index in [2.05, 4.69) is 19.2 Å². The number of carbonyl (C=O) groups excluding carboxylic acids is 1. The lowest BCUT2D eigenvalue weighted by Gasteiger charge is -2.20. The van der Waals surface area contributed by atoms with E-state index in [1.807, 2.05) is 17.5 Å². The van der Waals surface area contributed by atoms with Crippen LogP contribution in [-0.4, -0.2) is 5.91 Å². The highest BCUT2D eigenvalue weighted by molar-refractivity contribution is 7.10. The minimum absolute atomic E-state index is 0.00960. The van der Waals surface area contributed by atoms with Crippen LogP contribution in [0.15, 0.2) is 47.9 Å². The summed E-state index contributed by atoms with van der Waals surface area (Å²) in [5, 5.41) is 5.02. The van der Waals surface area contributed by atoms with Gasteiger partial charge in [-0.1, -0.05) is 32.0 Å². The van der Waals surface area contributed by atoms with Crippen molar-refractivity contribution in [2.24, 2.45) is 5.92 Å². The smallest absolute Gasteiger partial charge is 0.244 e. The average molecular weight is 303 g/mol. The first kappa shape index (κ1) is 15.4. The molecule has 1 unspecified atom stereocenters. The van der Waals surface area contributed by atoms with Crippen molar-refractivity contribution in [1.82, 2.24) is 5.32 Å². The van der Waals surface area contributed by atoms with Crippen LogP contribution in [0.2, 0.25) is 0 Å². The maximum Gasteiger partial charge on any atom is 0.244 e. The molecule has 0 aliphatic rings. The molecule has 0 saturated carbocycles. The molecule has 1 amide bonds. The second-order valence-corrected chi connectivity index (χ2v) is 6.11. The Morgan fingerprint density at radius 3 is 2.52 bits per heavy atom. The lowest BCUT2D eigenvalue weighted by atomic mass is 10.0. The summed E-state index contributed by atoms with van der Waals surface area (Å²) in [4.78, 5) is 13.2. The van der Waals surface area contributed by atoms with Crippen molar-refractivity contribution in [3.8, 4) is 0 Å². The van der Waals surface area contributed by atoms with E-state index in [1.54, 1.807) is 29.5 Å². The second kappa shape index (κ2) is 7.18. The molecule has 110 valence electrons. The number of nitrogens with one attached hydrogen (secondary N) is 1. The number of carbonyl (C=O) groups is 1. The summed E-state index contributed by atoms with van der Waals surface area (Å²) in [7, 11) is 0. The Morgan fingerprint density at radius 1 is 1.24 bits per heavy atom. The molecule has 0 saturated heterocycles. The van der Waals surface area contributed by atoms with Crippen LogP contribution in [0.3, 0.4) is 0 Å². The number of thiophene rings is 1. The minimum atomic E-state index is -0.283. The fourth-order valence-corrected chi connectivity index (χ4v) is 2.93. The molecule has 0 fully saturated rings. The molecular weight excluding hydrogens is 285 g/mol. The van der Waals surface area contributed by atoms with E-state index in [0.717, 1.165) is 10.4 Å². The molecule has 0 aliphatic heterocycles. The van der Waals surface area contributed by atoms with Gasteiger partial charge in [0.1, 0.15) is 5.82 Å². The Kier molecular flexibility index (Phi) is 5.28. The van der Waals surface area contributed by atoms with Crippen molar-refractivity contribution in [2.45, 2.75) is 19.9 Å². The predicted octanol–water partition coefficient (Wildman–Crippen LogP) is 4.41. The quantitative estimate of drug-likeness (QED) is 0.814. The van der Waals surface area contributed by atoms with E-state index in [9.17, 15) is 9.18 Å². The van der Waals surface area contributed by atoms with Crippen LogP contribution in [0, 0.1) is 11.7 Å². The van der Waals surface area contributed by atoms with Crippen LogP contribution >= 0.6 is 11.3 Å². The third-order valence-electron chi connectivity index (χ3n) is 3.11. The molecule has 0 spiro atoms. The van der Waals surface area contributed by atoms with Crippen molar-refractivity contribution in [1.29, 1.82) is 0 Å². The Bertz CT molecular complexity index is 602. The largest absolute Gasteiger partial charge is 0.345 e. The van der Waals surface area contributed by atoms with Gasteiger partial charge in [-0.25, -0.2) is 4.39 Å². The zero-order valence-corrected chi connectivity index (χ0v) is 12.9. The van der Waals surface area contributed by atoms with Crippen LogP contribution in [0.5, 0.6) is 0 Å². The van der Waals surface area contributed by atoms with Gasteiger partial charge in [-0.05, 0) is 41.1 Å². The molecule has 2 rings (SSSR count). The van der Waals surface area contributed by atoms with Crippen molar-refractivity contribution in [3.63, 3.8) is 0 Å². The normalized spacial score (nSPS) is 12.8. The average Bonchev–Trinajstić information content (AvgIpc) is 2.97. The summed E-state index contributed by atoms with van der Waals surface area (Å²) in [6.07, 6.45) is 3.16. The highest BCUT2D eigenvalue weighted by Gasteiger charge is 2.17. The number of amides is 1. The van der Waals surface area contributed by atoms with E-state index in [-0.39, 0.29) is 17.8 Å².